The van der Waals surface area contributed by atoms with Crippen molar-refractivity contribution in [2.45, 2.75) is 32.4 Å². The van der Waals surface area contributed by atoms with E-state index in [1.54, 1.807) is 41.0 Å². The van der Waals surface area contributed by atoms with Crippen LogP contribution in [0.1, 0.15) is 34.5 Å². The Balaban J connectivity index is 1.58. The second-order valence-electron chi connectivity index (χ2n) is 9.31. The Kier molecular flexibility index (Phi) is 8.41. The van der Waals surface area contributed by atoms with Gasteiger partial charge in [-0.2, -0.15) is 5.10 Å². The Hall–Kier alpha value is -3.52. The zero-order valence-corrected chi connectivity index (χ0v) is 23.3. The predicted octanol–water partition coefficient (Wildman–Crippen LogP) is 7.11. The van der Waals surface area contributed by atoms with E-state index in [0.717, 1.165) is 29.8 Å². The zero-order valence-electron chi connectivity index (χ0n) is 21.8. The molecule has 0 N–H and O–H groups in total. The van der Waals surface area contributed by atoms with Crippen LogP contribution >= 0.6 is 23.2 Å². The molecule has 2 heterocycles. The lowest BCUT2D eigenvalue weighted by molar-refractivity contribution is 0.0505. The lowest BCUT2D eigenvalue weighted by Crippen LogP contribution is -2.37. The number of aromatic nitrogens is 2. The summed E-state index contributed by atoms with van der Waals surface area (Å²) in [5.41, 5.74) is 2.68. The first kappa shape index (κ1) is 27.1. The number of aryl methyl sites for hydroxylation is 1. The Bertz CT molecular complexity index is 1450. The molecule has 1 aliphatic heterocycles. The van der Waals surface area contributed by atoms with Crippen LogP contribution in [0.2, 0.25) is 10.0 Å². The largest absolute Gasteiger partial charge is 0.493 e. The molecule has 1 aliphatic rings. The van der Waals surface area contributed by atoms with Gasteiger partial charge in [0.2, 0.25) is 5.88 Å². The van der Waals surface area contributed by atoms with E-state index in [9.17, 15) is 4.79 Å². The molecular weight excluding hydrogens is 537 g/mol. The summed E-state index contributed by atoms with van der Waals surface area (Å²) in [7, 11) is 1.59. The van der Waals surface area contributed by atoms with Crippen molar-refractivity contribution in [1.82, 2.24) is 14.7 Å². The molecule has 5 rings (SSSR count). The van der Waals surface area contributed by atoms with Crippen LogP contribution in [0, 0.1) is 6.92 Å². The maximum Gasteiger partial charge on any atom is 0.255 e. The van der Waals surface area contributed by atoms with Gasteiger partial charge in [0.25, 0.3) is 5.91 Å². The van der Waals surface area contributed by atoms with E-state index in [1.165, 1.54) is 0 Å². The van der Waals surface area contributed by atoms with Gasteiger partial charge in [-0.05, 0) is 68.3 Å². The number of methoxy groups -OCH3 is 1. The molecule has 1 aromatic heterocycles. The van der Waals surface area contributed by atoms with Gasteiger partial charge in [-0.15, -0.1) is 0 Å². The van der Waals surface area contributed by atoms with Gasteiger partial charge in [-0.1, -0.05) is 47.5 Å². The summed E-state index contributed by atoms with van der Waals surface area (Å²) in [4.78, 5) is 15.6. The van der Waals surface area contributed by atoms with Crippen LogP contribution in [-0.2, 0) is 11.3 Å². The van der Waals surface area contributed by atoms with Crippen molar-refractivity contribution in [3.8, 4) is 23.1 Å². The average molecular weight is 566 g/mol. The minimum atomic E-state index is -0.182. The van der Waals surface area contributed by atoms with Crippen molar-refractivity contribution in [3.05, 3.63) is 99.7 Å². The van der Waals surface area contributed by atoms with Gasteiger partial charge < -0.3 is 19.1 Å². The number of hydrogen-bond acceptors (Lipinski definition) is 5. The van der Waals surface area contributed by atoms with Crippen LogP contribution in [0.3, 0.4) is 0 Å². The number of nitrogens with zero attached hydrogens (tertiary/aromatic N) is 3. The number of halogens is 2. The maximum absolute atomic E-state index is 13.8. The Morgan fingerprint density at radius 2 is 1.77 bits per heavy atom. The van der Waals surface area contributed by atoms with Crippen LogP contribution in [0.5, 0.6) is 17.4 Å². The third-order valence-electron chi connectivity index (χ3n) is 6.67. The first-order chi connectivity index (χ1) is 18.9. The van der Waals surface area contributed by atoms with Gasteiger partial charge in [0.1, 0.15) is 0 Å². The summed E-state index contributed by atoms with van der Waals surface area (Å²) >= 11 is 12.6. The fourth-order valence-electron chi connectivity index (χ4n) is 4.64. The highest BCUT2D eigenvalue weighted by Crippen LogP contribution is 2.36. The second kappa shape index (κ2) is 12.1. The van der Waals surface area contributed by atoms with Crippen molar-refractivity contribution in [2.24, 2.45) is 0 Å². The van der Waals surface area contributed by atoms with Crippen molar-refractivity contribution in [2.75, 3.05) is 20.3 Å². The van der Waals surface area contributed by atoms with Gasteiger partial charge >= 0.3 is 0 Å². The normalized spacial score (nSPS) is 14.8. The van der Waals surface area contributed by atoms with Gasteiger partial charge in [0.05, 0.1) is 47.3 Å². The molecule has 4 aromatic rings. The second-order valence-corrected chi connectivity index (χ2v) is 10.2. The fourth-order valence-corrected chi connectivity index (χ4v) is 4.98. The van der Waals surface area contributed by atoms with Crippen molar-refractivity contribution < 1.29 is 19.0 Å². The Morgan fingerprint density at radius 1 is 1.05 bits per heavy atom. The number of para-hydroxylation sites is 2. The van der Waals surface area contributed by atoms with E-state index in [4.69, 9.17) is 42.5 Å². The van der Waals surface area contributed by atoms with Crippen LogP contribution in [0.15, 0.2) is 72.8 Å². The number of rotatable bonds is 9. The molecule has 9 heteroatoms. The Labute approximate surface area is 237 Å². The number of amides is 1. The van der Waals surface area contributed by atoms with E-state index in [2.05, 4.69) is 0 Å². The summed E-state index contributed by atoms with van der Waals surface area (Å²) in [6.07, 6.45) is 1.80. The van der Waals surface area contributed by atoms with Gasteiger partial charge in [-0.3, -0.25) is 4.79 Å². The summed E-state index contributed by atoms with van der Waals surface area (Å²) in [5, 5.41) is 5.82. The summed E-state index contributed by atoms with van der Waals surface area (Å²) in [6, 6.07) is 21.8. The van der Waals surface area contributed by atoms with E-state index >= 15 is 0 Å². The molecule has 39 heavy (non-hydrogen) atoms. The fraction of sp³-hybridized carbons (Fsp3) is 0.267. The van der Waals surface area contributed by atoms with Crippen LogP contribution < -0.4 is 9.47 Å². The molecule has 1 amide bonds. The Morgan fingerprint density at radius 3 is 2.46 bits per heavy atom. The standard InChI is InChI=1S/C30H29Cl2N3O4/c1-20-25(19-34(18-23-8-7-17-38-23)29(36)24-9-3-4-10-26(24)32)30(39-28-12-6-5-11-27(28)37-2)35(33-20)22-15-13-21(31)14-16-22/h3-6,9-16,23H,7-8,17-19H2,1-2H3/t23-/m1/s1. The molecular formula is C30H29Cl2N3O4. The third kappa shape index (κ3) is 6.06. The van der Waals surface area contributed by atoms with Gasteiger partial charge in [0.15, 0.2) is 11.5 Å². The molecule has 3 aromatic carbocycles. The highest BCUT2D eigenvalue weighted by molar-refractivity contribution is 6.33. The first-order valence-corrected chi connectivity index (χ1v) is 13.5. The van der Waals surface area contributed by atoms with Crippen molar-refractivity contribution in [1.29, 1.82) is 0 Å². The van der Waals surface area contributed by atoms with E-state index < -0.39 is 0 Å². The topological polar surface area (TPSA) is 65.8 Å². The zero-order chi connectivity index (χ0) is 27.4. The molecule has 0 radical (unpaired) electrons. The van der Waals surface area contributed by atoms with Crippen LogP contribution in [-0.4, -0.2) is 47.0 Å². The molecule has 0 saturated carbocycles. The number of carbonyl (C=O) groups is 1. The number of benzene rings is 3. The molecule has 1 fully saturated rings. The predicted molar refractivity (Wildman–Crippen MR) is 152 cm³/mol. The summed E-state index contributed by atoms with van der Waals surface area (Å²) in [5.74, 6) is 1.40. The lowest BCUT2D eigenvalue weighted by atomic mass is 10.1. The third-order valence-corrected chi connectivity index (χ3v) is 7.25. The minimum Gasteiger partial charge on any atom is -0.493 e. The average Bonchev–Trinajstić information content (AvgIpc) is 3.57. The molecule has 0 bridgehead atoms. The highest BCUT2D eigenvalue weighted by Gasteiger charge is 2.29. The number of carbonyl (C=O) groups excluding carboxylic acids is 1. The van der Waals surface area contributed by atoms with Gasteiger partial charge in [-0.25, -0.2) is 4.68 Å². The molecule has 7 nitrogen and oxygen atoms in total. The van der Waals surface area contributed by atoms with E-state index in [-0.39, 0.29) is 18.6 Å². The lowest BCUT2D eigenvalue weighted by Gasteiger charge is -2.26. The quantitative estimate of drug-likeness (QED) is 0.216. The number of ether oxygens (including phenoxy) is 3. The van der Waals surface area contributed by atoms with Crippen molar-refractivity contribution >= 4 is 29.1 Å². The van der Waals surface area contributed by atoms with Crippen LogP contribution in [0.4, 0.5) is 0 Å². The minimum absolute atomic E-state index is 0.0540. The first-order valence-electron chi connectivity index (χ1n) is 12.8. The monoisotopic (exact) mass is 565 g/mol. The van der Waals surface area contributed by atoms with Crippen LogP contribution in [0.25, 0.3) is 5.69 Å². The maximum atomic E-state index is 13.8. The molecule has 202 valence electrons. The van der Waals surface area contributed by atoms with E-state index in [0.29, 0.717) is 46.1 Å². The summed E-state index contributed by atoms with van der Waals surface area (Å²) < 4.78 is 19.7. The summed E-state index contributed by atoms with van der Waals surface area (Å²) in [6.45, 7) is 3.26. The molecule has 1 atom stereocenters. The smallest absolute Gasteiger partial charge is 0.255 e. The molecule has 1 saturated heterocycles. The number of hydrogen-bond donors (Lipinski definition) is 0. The molecule has 0 spiro atoms. The molecule has 0 unspecified atom stereocenters. The highest BCUT2D eigenvalue weighted by atomic mass is 35.5. The van der Waals surface area contributed by atoms with E-state index in [1.807, 2.05) is 55.5 Å². The molecule has 0 aliphatic carbocycles. The SMILES string of the molecule is COc1ccccc1Oc1c(CN(C[C@H]2CCCO2)C(=O)c2ccccc2Cl)c(C)nn1-c1ccc(Cl)cc1. The van der Waals surface area contributed by atoms with Crippen molar-refractivity contribution in [3.63, 3.8) is 0 Å². The van der Waals surface area contributed by atoms with Gasteiger partial charge in [0, 0.05) is 18.2 Å².